The van der Waals surface area contributed by atoms with Crippen molar-refractivity contribution in [3.63, 3.8) is 0 Å². The van der Waals surface area contributed by atoms with E-state index in [1.807, 2.05) is 0 Å². The molecule has 0 aliphatic rings. The van der Waals surface area contributed by atoms with E-state index in [1.165, 1.54) is 0 Å². The molecule has 0 fully saturated rings. The Bertz CT molecular complexity index is 33.2. The standard InChI is InChI=1S/C3H8O.C3H9Si.BrH.Mg/c1-3(2)4;1-4(2)3;;/h3-4H,1-2H3;4H,1H2,2-3H3;1H;/q;-1;;+2. The number of hydrogen-bond acceptors (Lipinski definition) is 1. The first-order valence-electron chi connectivity index (χ1n) is 2.98. The van der Waals surface area contributed by atoms with Crippen LogP contribution in [0.3, 0.4) is 0 Å². The Labute approximate surface area is 93.1 Å². The van der Waals surface area contributed by atoms with Gasteiger partial charge in [0.1, 0.15) is 0 Å². The topological polar surface area (TPSA) is 20.2 Å². The zero-order valence-corrected chi connectivity index (χ0v) is 11.7. The van der Waals surface area contributed by atoms with Gasteiger partial charge in [0, 0.05) is 6.10 Å². The Balaban J connectivity index is -0.0000000300. The fraction of sp³-hybridized carbons (Fsp3) is 0.833. The van der Waals surface area contributed by atoms with Crippen LogP contribution in [-0.2, 0) is 0 Å². The molecule has 0 aliphatic heterocycles. The van der Waals surface area contributed by atoms with Gasteiger partial charge < -0.3 is 11.7 Å². The molecule has 1 nitrogen and oxygen atoms in total. The first-order chi connectivity index (χ1) is 3.46. The summed E-state index contributed by atoms with van der Waals surface area (Å²) in [6.45, 7) is 11.6. The summed E-state index contributed by atoms with van der Waals surface area (Å²) in [5.74, 6) is 0. The zero-order valence-electron chi connectivity index (χ0n) is 7.42. The average molecular weight is 239 g/mol. The molecular weight excluding hydrogens is 220 g/mol. The minimum Gasteiger partial charge on any atom is -0.394 e. The predicted octanol–water partition coefficient (Wildman–Crippen LogP) is 1.43. The summed E-state index contributed by atoms with van der Waals surface area (Å²) in [4.78, 5) is 0. The molecule has 0 unspecified atom stereocenters. The Morgan fingerprint density at radius 3 is 1.30 bits per heavy atom. The predicted molar refractivity (Wildman–Crippen MR) is 57.7 cm³/mol. The summed E-state index contributed by atoms with van der Waals surface area (Å²) in [5, 5.41) is 8.06. The maximum absolute atomic E-state index is 8.06. The second-order valence-corrected chi connectivity index (χ2v) is 5.28. The minimum absolute atomic E-state index is 0. The van der Waals surface area contributed by atoms with E-state index in [0.717, 1.165) is 0 Å². The van der Waals surface area contributed by atoms with Crippen molar-refractivity contribution < 1.29 is 5.11 Å². The third-order valence-electron chi connectivity index (χ3n) is 0. The van der Waals surface area contributed by atoms with Gasteiger partial charge in [-0.05, 0) is 13.8 Å². The summed E-state index contributed by atoms with van der Waals surface area (Å²) in [6.07, 6.45) is -0.167. The smallest absolute Gasteiger partial charge is 0.394 e. The van der Waals surface area contributed by atoms with E-state index >= 15 is 0 Å². The molecule has 0 aromatic rings. The first-order valence-corrected chi connectivity index (χ1v) is 6.10. The van der Waals surface area contributed by atoms with Gasteiger partial charge in [0.05, 0.1) is 0 Å². The molecule has 10 heavy (non-hydrogen) atoms. The molecule has 0 atom stereocenters. The molecular formula is C6H18BrMgOSi+. The average Bonchev–Trinajstić information content (AvgIpc) is 1.25. The summed E-state index contributed by atoms with van der Waals surface area (Å²) in [5.41, 5.74) is 0. The molecule has 0 radical (unpaired) electrons. The van der Waals surface area contributed by atoms with Crippen LogP contribution in [0, 0.1) is 6.55 Å². The van der Waals surface area contributed by atoms with Crippen molar-refractivity contribution in [1.29, 1.82) is 0 Å². The van der Waals surface area contributed by atoms with Gasteiger partial charge in [-0.2, -0.15) is 0 Å². The van der Waals surface area contributed by atoms with Crippen molar-refractivity contribution in [3.8, 4) is 0 Å². The summed E-state index contributed by atoms with van der Waals surface area (Å²) < 4.78 is 0. The maximum atomic E-state index is 8.06. The SMILES string of the molecule is Br.CC(C)O.[CH2-][SiH](C)C.[Mg+2]. The van der Waals surface area contributed by atoms with Crippen LogP contribution in [0.5, 0.6) is 0 Å². The molecule has 0 aromatic heterocycles. The van der Waals surface area contributed by atoms with Crippen molar-refractivity contribution >= 4 is 48.8 Å². The van der Waals surface area contributed by atoms with Gasteiger partial charge in [0.15, 0.2) is 0 Å². The van der Waals surface area contributed by atoms with E-state index in [1.54, 1.807) is 13.8 Å². The Morgan fingerprint density at radius 2 is 1.30 bits per heavy atom. The number of aliphatic hydroxyl groups is 1. The van der Waals surface area contributed by atoms with E-state index in [9.17, 15) is 0 Å². The molecule has 0 aromatic carbocycles. The molecule has 0 heterocycles. The second kappa shape index (κ2) is 16.8. The van der Waals surface area contributed by atoms with E-state index < -0.39 is 0 Å². The fourth-order valence-electron chi connectivity index (χ4n) is 0. The third kappa shape index (κ3) is 330. The number of hydrogen-bond donors (Lipinski definition) is 1. The van der Waals surface area contributed by atoms with Crippen molar-refractivity contribution in [1.82, 2.24) is 0 Å². The van der Waals surface area contributed by atoms with Gasteiger partial charge >= 0.3 is 23.1 Å². The molecule has 0 spiro atoms. The van der Waals surface area contributed by atoms with Crippen LogP contribution >= 0.6 is 17.0 Å². The molecule has 0 rings (SSSR count). The molecule has 60 valence electrons. The van der Waals surface area contributed by atoms with Crippen LogP contribution in [0.4, 0.5) is 0 Å². The Kier molecular flexibility index (Phi) is 37.8. The molecule has 0 saturated heterocycles. The van der Waals surface area contributed by atoms with Crippen molar-refractivity contribution in [2.24, 2.45) is 0 Å². The zero-order chi connectivity index (χ0) is 7.15. The van der Waals surface area contributed by atoms with Gasteiger partial charge in [-0.15, -0.1) is 25.8 Å². The number of aliphatic hydroxyl groups excluding tert-OH is 1. The maximum Gasteiger partial charge on any atom is 2.00 e. The molecule has 1 N–H and O–H groups in total. The third-order valence-corrected chi connectivity index (χ3v) is 0. The molecule has 0 saturated carbocycles. The quantitative estimate of drug-likeness (QED) is 0.500. The number of halogens is 1. The molecule has 0 amide bonds. The van der Waals surface area contributed by atoms with Gasteiger partial charge in [0.25, 0.3) is 0 Å². The van der Waals surface area contributed by atoms with Crippen LogP contribution < -0.4 is 0 Å². The van der Waals surface area contributed by atoms with E-state index in [4.69, 9.17) is 5.11 Å². The van der Waals surface area contributed by atoms with Crippen LogP contribution in [0.25, 0.3) is 0 Å². The molecule has 0 bridgehead atoms. The van der Waals surface area contributed by atoms with Crippen molar-refractivity contribution in [2.45, 2.75) is 33.0 Å². The summed E-state index contributed by atoms with van der Waals surface area (Å²) >= 11 is 0. The normalized spacial score (nSPS) is 7.20. The van der Waals surface area contributed by atoms with Crippen LogP contribution in [0.2, 0.25) is 13.1 Å². The van der Waals surface area contributed by atoms with E-state index in [2.05, 4.69) is 19.6 Å². The minimum atomic E-state index is -0.389. The van der Waals surface area contributed by atoms with Crippen molar-refractivity contribution in [3.05, 3.63) is 6.55 Å². The van der Waals surface area contributed by atoms with E-state index in [0.29, 0.717) is 0 Å². The summed E-state index contributed by atoms with van der Waals surface area (Å²) in [6, 6.07) is 0. The first kappa shape index (κ1) is 22.5. The van der Waals surface area contributed by atoms with Crippen molar-refractivity contribution in [2.75, 3.05) is 0 Å². The largest absolute Gasteiger partial charge is 2.00 e. The monoisotopic (exact) mass is 237 g/mol. The van der Waals surface area contributed by atoms with Gasteiger partial charge in [-0.3, -0.25) is 0 Å². The van der Waals surface area contributed by atoms with Gasteiger partial charge in [-0.25, -0.2) is 0 Å². The van der Waals surface area contributed by atoms with Gasteiger partial charge in [-0.1, -0.05) is 13.1 Å². The van der Waals surface area contributed by atoms with Crippen LogP contribution in [0.15, 0.2) is 0 Å². The molecule has 4 heteroatoms. The molecule has 0 aliphatic carbocycles. The van der Waals surface area contributed by atoms with Gasteiger partial charge in [0.2, 0.25) is 0 Å². The summed E-state index contributed by atoms with van der Waals surface area (Å²) in [7, 11) is -0.389. The van der Waals surface area contributed by atoms with Crippen LogP contribution in [-0.4, -0.2) is 43.1 Å². The van der Waals surface area contributed by atoms with E-state index in [-0.39, 0.29) is 54.9 Å². The number of rotatable bonds is 0. The Hall–Kier alpha value is 1.42. The van der Waals surface area contributed by atoms with Crippen LogP contribution in [0.1, 0.15) is 13.8 Å². The fourth-order valence-corrected chi connectivity index (χ4v) is 0. The second-order valence-electron chi connectivity index (χ2n) is 2.49. The Morgan fingerprint density at radius 1 is 1.30 bits per heavy atom.